The van der Waals surface area contributed by atoms with Crippen molar-refractivity contribution in [2.24, 2.45) is 5.92 Å². The molecule has 1 saturated heterocycles. The second kappa shape index (κ2) is 10.1. The second-order valence-corrected chi connectivity index (χ2v) is 8.71. The number of amides is 1. The van der Waals surface area contributed by atoms with Crippen LogP contribution in [0.5, 0.6) is 5.75 Å². The molecule has 1 aromatic carbocycles. The Kier molecular flexibility index (Phi) is 7.00. The molecule has 0 unspecified atom stereocenters. The topological polar surface area (TPSA) is 45.7 Å². The number of ether oxygens (including phenoxy) is 1. The minimum Gasteiger partial charge on any atom is -0.493 e. The number of pyridine rings is 1. The first kappa shape index (κ1) is 20.9. The molecule has 0 radical (unpaired) electrons. The van der Waals surface area contributed by atoms with E-state index in [2.05, 4.69) is 28.1 Å². The molecule has 1 atom stereocenters. The maximum absolute atomic E-state index is 12.6. The Morgan fingerprint density at radius 2 is 2.23 bits per heavy atom. The Balaban J connectivity index is 1.20. The Morgan fingerprint density at radius 3 is 3.10 bits per heavy atom. The molecule has 0 bridgehead atoms. The van der Waals surface area contributed by atoms with Crippen LogP contribution in [0, 0.1) is 5.92 Å². The minimum absolute atomic E-state index is 0.252. The van der Waals surface area contributed by atoms with Gasteiger partial charge >= 0.3 is 0 Å². The fourth-order valence-electron chi connectivity index (χ4n) is 4.60. The van der Waals surface area contributed by atoms with Crippen LogP contribution in [-0.2, 0) is 24.2 Å². The van der Waals surface area contributed by atoms with Gasteiger partial charge in [0.05, 0.1) is 6.61 Å². The summed E-state index contributed by atoms with van der Waals surface area (Å²) in [5.74, 6) is 1.92. The van der Waals surface area contributed by atoms with E-state index in [0.29, 0.717) is 12.3 Å². The van der Waals surface area contributed by atoms with Crippen LogP contribution >= 0.6 is 0 Å². The molecule has 2 aliphatic heterocycles. The Labute approximate surface area is 180 Å². The number of carbonyl (C=O) groups excluding carboxylic acids is 1. The highest BCUT2D eigenvalue weighted by Crippen LogP contribution is 2.28. The van der Waals surface area contributed by atoms with Gasteiger partial charge in [-0.3, -0.25) is 14.7 Å². The van der Waals surface area contributed by atoms with Crippen LogP contribution in [0.4, 0.5) is 0 Å². The molecule has 1 aromatic heterocycles. The molecule has 5 heteroatoms. The van der Waals surface area contributed by atoms with E-state index in [1.54, 1.807) is 0 Å². The van der Waals surface area contributed by atoms with Crippen LogP contribution in [-0.4, -0.2) is 54.0 Å². The van der Waals surface area contributed by atoms with E-state index in [1.807, 2.05) is 36.3 Å². The van der Waals surface area contributed by atoms with Gasteiger partial charge < -0.3 is 9.64 Å². The highest BCUT2D eigenvalue weighted by molar-refractivity contribution is 5.75. The number of likely N-dealkylation sites (N-methyl/N-ethyl adjacent to an activating group) is 1. The number of nitrogens with zero attached hydrogens (tertiary/aromatic N) is 3. The number of benzene rings is 1. The van der Waals surface area contributed by atoms with Crippen molar-refractivity contribution < 1.29 is 9.53 Å². The van der Waals surface area contributed by atoms with Crippen LogP contribution in [0.2, 0.25) is 0 Å². The lowest BCUT2D eigenvalue weighted by molar-refractivity contribution is -0.130. The lowest BCUT2D eigenvalue weighted by atomic mass is 9.92. The summed E-state index contributed by atoms with van der Waals surface area (Å²) >= 11 is 0. The van der Waals surface area contributed by atoms with Crippen LogP contribution in [0.15, 0.2) is 42.6 Å². The van der Waals surface area contributed by atoms with Gasteiger partial charge in [-0.2, -0.15) is 0 Å². The average molecular weight is 408 g/mol. The quantitative estimate of drug-likeness (QED) is 0.669. The van der Waals surface area contributed by atoms with E-state index < -0.39 is 0 Å². The average Bonchev–Trinajstić information content (AvgIpc) is 3.25. The van der Waals surface area contributed by atoms with Gasteiger partial charge in [0.25, 0.3) is 0 Å². The minimum atomic E-state index is 0.252. The third-order valence-electron chi connectivity index (χ3n) is 6.38. The lowest BCUT2D eigenvalue weighted by Crippen LogP contribution is -2.36. The summed E-state index contributed by atoms with van der Waals surface area (Å²) in [7, 11) is 1.91. The number of rotatable bonds is 8. The number of fused-ring (bicyclic) bond motifs is 1. The van der Waals surface area contributed by atoms with Crippen LogP contribution in [0.25, 0.3) is 0 Å². The molecule has 160 valence electrons. The molecule has 2 aliphatic rings. The van der Waals surface area contributed by atoms with Gasteiger partial charge in [-0.1, -0.05) is 18.2 Å². The fourth-order valence-corrected chi connectivity index (χ4v) is 4.60. The first-order valence-corrected chi connectivity index (χ1v) is 11.3. The smallest absolute Gasteiger partial charge is 0.222 e. The number of hydrogen-bond acceptors (Lipinski definition) is 4. The number of piperidine rings is 1. The summed E-state index contributed by atoms with van der Waals surface area (Å²) in [6.07, 6.45) is 7.74. The van der Waals surface area contributed by atoms with Crippen molar-refractivity contribution in [3.05, 3.63) is 59.4 Å². The molecule has 1 amide bonds. The zero-order chi connectivity index (χ0) is 20.8. The van der Waals surface area contributed by atoms with Crippen molar-refractivity contribution in [1.82, 2.24) is 14.8 Å². The van der Waals surface area contributed by atoms with Gasteiger partial charge in [0.2, 0.25) is 5.91 Å². The van der Waals surface area contributed by atoms with Crippen molar-refractivity contribution >= 4 is 5.91 Å². The maximum atomic E-state index is 12.6. The molecule has 0 N–H and O–H groups in total. The number of likely N-dealkylation sites (tertiary alicyclic amines) is 1. The maximum Gasteiger partial charge on any atom is 0.222 e. The third-order valence-corrected chi connectivity index (χ3v) is 6.38. The van der Waals surface area contributed by atoms with E-state index in [-0.39, 0.29) is 5.91 Å². The molecule has 3 heterocycles. The molecule has 4 rings (SSSR count). The Bertz CT molecular complexity index is 840. The number of aromatic nitrogens is 1. The molecule has 0 spiro atoms. The Hall–Kier alpha value is -2.40. The van der Waals surface area contributed by atoms with Crippen LogP contribution in [0.1, 0.15) is 42.5 Å². The van der Waals surface area contributed by atoms with Gasteiger partial charge in [-0.25, -0.2) is 0 Å². The van der Waals surface area contributed by atoms with E-state index >= 15 is 0 Å². The largest absolute Gasteiger partial charge is 0.493 e. The first-order valence-electron chi connectivity index (χ1n) is 11.3. The number of carbonyl (C=O) groups is 1. The van der Waals surface area contributed by atoms with Gasteiger partial charge in [0.15, 0.2) is 0 Å². The van der Waals surface area contributed by atoms with Crippen molar-refractivity contribution in [3.63, 3.8) is 0 Å². The summed E-state index contributed by atoms with van der Waals surface area (Å²) in [4.78, 5) is 21.3. The summed E-state index contributed by atoms with van der Waals surface area (Å²) in [6, 6.07) is 12.6. The molecule has 5 nitrogen and oxygen atoms in total. The summed E-state index contributed by atoms with van der Waals surface area (Å²) in [5.41, 5.74) is 3.77. The summed E-state index contributed by atoms with van der Waals surface area (Å²) < 4.78 is 5.62. The zero-order valence-electron chi connectivity index (χ0n) is 18.1. The second-order valence-electron chi connectivity index (χ2n) is 8.71. The van der Waals surface area contributed by atoms with E-state index in [0.717, 1.165) is 63.5 Å². The predicted molar refractivity (Wildman–Crippen MR) is 118 cm³/mol. The van der Waals surface area contributed by atoms with E-state index in [1.165, 1.54) is 24.0 Å². The third kappa shape index (κ3) is 5.60. The SMILES string of the molecule is CN(CCc1ccccn1)C(=O)CC[C@H]1CCCN(Cc2ccc3c(c2)CCO3)C1. The standard InChI is InChI=1S/C25H33N3O2/c1-27(15-11-23-6-2-3-13-26-23)25(29)10-8-20-5-4-14-28(18-20)19-21-7-9-24-22(17-21)12-16-30-24/h2-3,6-7,9,13,17,20H,4-5,8,10-12,14-16,18-19H2,1H3/t20-/m1/s1. The molecule has 0 saturated carbocycles. The molecule has 2 aromatic rings. The molecular weight excluding hydrogens is 374 g/mol. The fraction of sp³-hybridized carbons (Fsp3) is 0.520. The molecule has 1 fully saturated rings. The predicted octanol–water partition coefficient (Wildman–Crippen LogP) is 3.71. The number of hydrogen-bond donors (Lipinski definition) is 0. The van der Waals surface area contributed by atoms with E-state index in [4.69, 9.17) is 4.74 Å². The molecule has 30 heavy (non-hydrogen) atoms. The van der Waals surface area contributed by atoms with Gasteiger partial charge in [0.1, 0.15) is 5.75 Å². The van der Waals surface area contributed by atoms with Gasteiger partial charge in [-0.15, -0.1) is 0 Å². The monoisotopic (exact) mass is 407 g/mol. The Morgan fingerprint density at radius 1 is 1.30 bits per heavy atom. The first-order chi connectivity index (χ1) is 14.7. The van der Waals surface area contributed by atoms with Crippen LogP contribution < -0.4 is 4.74 Å². The highest BCUT2D eigenvalue weighted by Gasteiger charge is 2.22. The highest BCUT2D eigenvalue weighted by atomic mass is 16.5. The van der Waals surface area contributed by atoms with Crippen molar-refractivity contribution in [2.75, 3.05) is 33.3 Å². The normalized spacial score (nSPS) is 18.6. The van der Waals surface area contributed by atoms with E-state index in [9.17, 15) is 4.79 Å². The molecular formula is C25H33N3O2. The lowest BCUT2D eigenvalue weighted by Gasteiger charge is -2.33. The van der Waals surface area contributed by atoms with Gasteiger partial charge in [0, 0.05) is 57.8 Å². The summed E-state index contributed by atoms with van der Waals surface area (Å²) in [6.45, 7) is 4.80. The summed E-state index contributed by atoms with van der Waals surface area (Å²) in [5, 5.41) is 0. The van der Waals surface area contributed by atoms with Gasteiger partial charge in [-0.05, 0) is 61.1 Å². The molecule has 0 aliphatic carbocycles. The van der Waals surface area contributed by atoms with Crippen LogP contribution in [0.3, 0.4) is 0 Å². The van der Waals surface area contributed by atoms with Crippen molar-refractivity contribution in [2.45, 2.75) is 45.1 Å². The van der Waals surface area contributed by atoms with Crippen molar-refractivity contribution in [1.29, 1.82) is 0 Å². The van der Waals surface area contributed by atoms with Crippen molar-refractivity contribution in [3.8, 4) is 5.75 Å². The zero-order valence-corrected chi connectivity index (χ0v) is 18.1.